The minimum absolute atomic E-state index is 0.0243. The average Bonchev–Trinajstić information content (AvgIpc) is 2.41. The van der Waals surface area contributed by atoms with Crippen molar-refractivity contribution in [2.75, 3.05) is 12.4 Å². The van der Waals surface area contributed by atoms with Gasteiger partial charge in [0.2, 0.25) is 5.91 Å². The van der Waals surface area contributed by atoms with Crippen LogP contribution in [0.25, 0.3) is 0 Å². The van der Waals surface area contributed by atoms with Crippen molar-refractivity contribution in [3.8, 4) is 5.75 Å². The second kappa shape index (κ2) is 6.75. The lowest BCUT2D eigenvalue weighted by molar-refractivity contribution is -0.117. The van der Waals surface area contributed by atoms with Gasteiger partial charge in [-0.3, -0.25) is 4.79 Å². The zero-order valence-electron chi connectivity index (χ0n) is 12.3. The lowest BCUT2D eigenvalue weighted by atomic mass is 9.83. The molecule has 2 rings (SSSR count). The molecule has 1 aliphatic rings. The molecule has 1 fully saturated rings. The highest BCUT2D eigenvalue weighted by Gasteiger charge is 2.24. The first-order valence-corrected chi connectivity index (χ1v) is 7.30. The fraction of sp³-hybridized carbons (Fsp3) is 0.562. The Morgan fingerprint density at radius 1 is 1.40 bits per heavy atom. The van der Waals surface area contributed by atoms with Crippen LogP contribution in [-0.2, 0) is 4.79 Å². The zero-order chi connectivity index (χ0) is 14.5. The number of carbonyl (C=O) groups is 1. The summed E-state index contributed by atoms with van der Waals surface area (Å²) in [5, 5.41) is 2.95. The van der Waals surface area contributed by atoms with Crippen molar-refractivity contribution in [3.05, 3.63) is 23.8 Å². The van der Waals surface area contributed by atoms with Gasteiger partial charge < -0.3 is 15.8 Å². The number of amides is 1. The monoisotopic (exact) mass is 276 g/mol. The van der Waals surface area contributed by atoms with Crippen LogP contribution < -0.4 is 15.8 Å². The molecular formula is C16H24N2O2. The number of nitrogens with one attached hydrogen (secondary N) is 1. The Bertz CT molecular complexity index is 474. The van der Waals surface area contributed by atoms with Gasteiger partial charge in [0, 0.05) is 12.5 Å². The van der Waals surface area contributed by atoms with Crippen LogP contribution >= 0.6 is 0 Å². The van der Waals surface area contributed by atoms with Gasteiger partial charge in [-0.05, 0) is 43.4 Å². The largest absolute Gasteiger partial charge is 0.495 e. The van der Waals surface area contributed by atoms with Crippen molar-refractivity contribution in [1.82, 2.24) is 0 Å². The summed E-state index contributed by atoms with van der Waals surface area (Å²) in [5.41, 5.74) is 7.93. The zero-order valence-corrected chi connectivity index (χ0v) is 12.3. The molecule has 0 radical (unpaired) electrons. The minimum atomic E-state index is 0.0243. The number of rotatable bonds is 4. The lowest BCUT2D eigenvalue weighted by Gasteiger charge is -2.28. The van der Waals surface area contributed by atoms with Crippen molar-refractivity contribution in [3.63, 3.8) is 0 Å². The Balaban J connectivity index is 1.99. The Morgan fingerprint density at radius 3 is 2.85 bits per heavy atom. The first-order valence-electron chi connectivity index (χ1n) is 7.30. The van der Waals surface area contributed by atoms with Crippen LogP contribution in [0.5, 0.6) is 5.75 Å². The summed E-state index contributed by atoms with van der Waals surface area (Å²) < 4.78 is 5.27. The number of carbonyl (C=O) groups excluding carboxylic acids is 1. The highest BCUT2D eigenvalue weighted by Crippen LogP contribution is 2.28. The van der Waals surface area contributed by atoms with Gasteiger partial charge in [-0.1, -0.05) is 18.9 Å². The average molecular weight is 276 g/mol. The second-order valence-electron chi connectivity index (χ2n) is 5.66. The molecule has 4 nitrogen and oxygen atoms in total. The van der Waals surface area contributed by atoms with Gasteiger partial charge in [0.05, 0.1) is 12.8 Å². The highest BCUT2D eigenvalue weighted by molar-refractivity contribution is 5.92. The molecule has 1 aromatic rings. The third-order valence-corrected chi connectivity index (χ3v) is 4.04. The summed E-state index contributed by atoms with van der Waals surface area (Å²) in [7, 11) is 1.61. The summed E-state index contributed by atoms with van der Waals surface area (Å²) in [4.78, 5) is 12.2. The maximum Gasteiger partial charge on any atom is 0.224 e. The first-order chi connectivity index (χ1) is 9.60. The van der Waals surface area contributed by atoms with Crippen molar-refractivity contribution >= 4 is 11.6 Å². The summed E-state index contributed by atoms with van der Waals surface area (Å²) in [6.07, 6.45) is 4.95. The van der Waals surface area contributed by atoms with Crippen molar-refractivity contribution < 1.29 is 9.53 Å². The SMILES string of the molecule is COc1ccc(C)cc1NC(=O)CC1CCCCC1N. The molecule has 20 heavy (non-hydrogen) atoms. The van der Waals surface area contributed by atoms with E-state index in [2.05, 4.69) is 5.32 Å². The van der Waals surface area contributed by atoms with E-state index in [0.29, 0.717) is 18.1 Å². The van der Waals surface area contributed by atoms with E-state index in [1.807, 2.05) is 25.1 Å². The van der Waals surface area contributed by atoms with Crippen molar-refractivity contribution in [2.24, 2.45) is 11.7 Å². The van der Waals surface area contributed by atoms with Crippen LogP contribution in [0, 0.1) is 12.8 Å². The molecule has 110 valence electrons. The number of anilines is 1. The predicted octanol–water partition coefficient (Wildman–Crippen LogP) is 2.85. The third kappa shape index (κ3) is 3.73. The number of nitrogens with two attached hydrogens (primary N) is 1. The Morgan fingerprint density at radius 2 is 2.15 bits per heavy atom. The summed E-state index contributed by atoms with van der Waals surface area (Å²) in [6.45, 7) is 1.99. The topological polar surface area (TPSA) is 64.3 Å². The fourth-order valence-corrected chi connectivity index (χ4v) is 2.85. The van der Waals surface area contributed by atoms with E-state index < -0.39 is 0 Å². The molecule has 2 unspecified atom stereocenters. The predicted molar refractivity (Wildman–Crippen MR) is 80.9 cm³/mol. The molecular weight excluding hydrogens is 252 g/mol. The Kier molecular flexibility index (Phi) is 5.01. The second-order valence-corrected chi connectivity index (χ2v) is 5.66. The van der Waals surface area contributed by atoms with E-state index in [1.54, 1.807) is 7.11 Å². The van der Waals surface area contributed by atoms with E-state index in [9.17, 15) is 4.79 Å². The molecule has 1 saturated carbocycles. The Hall–Kier alpha value is -1.55. The Labute approximate surface area is 120 Å². The molecule has 1 aliphatic carbocycles. The normalized spacial score (nSPS) is 22.4. The van der Waals surface area contributed by atoms with Crippen LogP contribution in [-0.4, -0.2) is 19.1 Å². The van der Waals surface area contributed by atoms with E-state index in [1.165, 1.54) is 12.8 Å². The van der Waals surface area contributed by atoms with Gasteiger partial charge in [-0.25, -0.2) is 0 Å². The molecule has 0 saturated heterocycles. The summed E-state index contributed by atoms with van der Waals surface area (Å²) >= 11 is 0. The van der Waals surface area contributed by atoms with E-state index in [0.717, 1.165) is 24.1 Å². The highest BCUT2D eigenvalue weighted by atomic mass is 16.5. The first kappa shape index (κ1) is 14.9. The number of benzene rings is 1. The number of hydrogen-bond donors (Lipinski definition) is 2. The third-order valence-electron chi connectivity index (χ3n) is 4.04. The molecule has 0 aliphatic heterocycles. The van der Waals surface area contributed by atoms with Crippen LogP contribution in [0.2, 0.25) is 0 Å². The van der Waals surface area contributed by atoms with E-state index in [-0.39, 0.29) is 11.9 Å². The quantitative estimate of drug-likeness (QED) is 0.888. The van der Waals surface area contributed by atoms with Crippen LogP contribution in [0.4, 0.5) is 5.69 Å². The van der Waals surface area contributed by atoms with Gasteiger partial charge >= 0.3 is 0 Å². The molecule has 3 N–H and O–H groups in total. The van der Waals surface area contributed by atoms with Gasteiger partial charge in [-0.15, -0.1) is 0 Å². The standard InChI is InChI=1S/C16H24N2O2/c1-11-7-8-15(20-2)14(9-11)18-16(19)10-12-5-3-4-6-13(12)17/h7-9,12-13H,3-6,10,17H2,1-2H3,(H,18,19). The molecule has 1 aromatic carbocycles. The smallest absolute Gasteiger partial charge is 0.224 e. The molecule has 1 amide bonds. The van der Waals surface area contributed by atoms with Gasteiger partial charge in [0.1, 0.15) is 5.75 Å². The maximum atomic E-state index is 12.2. The van der Waals surface area contributed by atoms with Crippen molar-refractivity contribution in [2.45, 2.75) is 45.1 Å². The number of hydrogen-bond acceptors (Lipinski definition) is 3. The van der Waals surface area contributed by atoms with Crippen LogP contribution in [0.15, 0.2) is 18.2 Å². The maximum absolute atomic E-state index is 12.2. The summed E-state index contributed by atoms with van der Waals surface area (Å²) in [5.74, 6) is 1.02. The van der Waals surface area contributed by atoms with Gasteiger partial charge in [0.25, 0.3) is 0 Å². The minimum Gasteiger partial charge on any atom is -0.495 e. The van der Waals surface area contributed by atoms with Gasteiger partial charge in [0.15, 0.2) is 0 Å². The number of methoxy groups -OCH3 is 1. The molecule has 2 atom stereocenters. The number of aryl methyl sites for hydroxylation is 1. The van der Waals surface area contributed by atoms with Crippen molar-refractivity contribution in [1.29, 1.82) is 0 Å². The summed E-state index contributed by atoms with van der Waals surface area (Å²) in [6, 6.07) is 5.93. The van der Waals surface area contributed by atoms with E-state index >= 15 is 0 Å². The van der Waals surface area contributed by atoms with Crippen LogP contribution in [0.1, 0.15) is 37.7 Å². The van der Waals surface area contributed by atoms with E-state index in [4.69, 9.17) is 10.5 Å². The van der Waals surface area contributed by atoms with Gasteiger partial charge in [-0.2, -0.15) is 0 Å². The molecule has 0 heterocycles. The molecule has 0 spiro atoms. The molecule has 4 heteroatoms. The molecule has 0 bridgehead atoms. The fourth-order valence-electron chi connectivity index (χ4n) is 2.85. The lowest BCUT2D eigenvalue weighted by Crippen LogP contribution is -2.35. The number of ether oxygens (including phenoxy) is 1. The molecule has 0 aromatic heterocycles. The van der Waals surface area contributed by atoms with Crippen LogP contribution in [0.3, 0.4) is 0 Å².